The Hall–Kier alpha value is -0.875. The zero-order valence-electron chi connectivity index (χ0n) is 17.0. The normalized spacial score (nSPS) is 27.7. The molecule has 1 aliphatic carbocycles. The Kier molecular flexibility index (Phi) is 4.50. The second kappa shape index (κ2) is 6.34. The van der Waals surface area contributed by atoms with Gasteiger partial charge in [-0.3, -0.25) is 4.90 Å². The Labute approximate surface area is 159 Å². The van der Waals surface area contributed by atoms with E-state index in [1.165, 1.54) is 51.1 Å². The summed E-state index contributed by atoms with van der Waals surface area (Å²) in [5, 5.41) is 0. The van der Waals surface area contributed by atoms with E-state index in [-0.39, 0.29) is 18.3 Å². The highest BCUT2D eigenvalue weighted by Gasteiger charge is 2.52. The fraction of sp³-hybridized carbons (Fsp3) is 0.714. The van der Waals surface area contributed by atoms with Gasteiger partial charge < -0.3 is 14.2 Å². The van der Waals surface area contributed by atoms with Crippen LogP contribution in [0, 0.1) is 0 Å². The molecule has 3 fully saturated rings. The molecule has 2 aliphatic heterocycles. The van der Waals surface area contributed by atoms with Crippen molar-refractivity contribution < 1.29 is 9.31 Å². The van der Waals surface area contributed by atoms with Crippen molar-refractivity contribution in [3.05, 3.63) is 29.8 Å². The third-order valence-corrected chi connectivity index (χ3v) is 7.02. The Morgan fingerprint density at radius 2 is 1.42 bits per heavy atom. The van der Waals surface area contributed by atoms with Crippen LogP contribution in [0.1, 0.15) is 46.1 Å². The third kappa shape index (κ3) is 3.35. The molecule has 0 N–H and O–H groups in total. The molecule has 4 rings (SSSR count). The van der Waals surface area contributed by atoms with Crippen molar-refractivity contribution in [2.75, 3.05) is 39.8 Å². The van der Waals surface area contributed by atoms with Gasteiger partial charge in [0.15, 0.2) is 0 Å². The van der Waals surface area contributed by atoms with Crippen LogP contribution >= 0.6 is 0 Å². The summed E-state index contributed by atoms with van der Waals surface area (Å²) in [4.78, 5) is 5.07. The lowest BCUT2D eigenvalue weighted by molar-refractivity contribution is 0.00578. The number of rotatable bonds is 4. The molecule has 0 unspecified atom stereocenters. The van der Waals surface area contributed by atoms with Gasteiger partial charge in [0.2, 0.25) is 0 Å². The van der Waals surface area contributed by atoms with E-state index in [0.717, 1.165) is 5.46 Å². The van der Waals surface area contributed by atoms with Gasteiger partial charge in [0.1, 0.15) is 0 Å². The summed E-state index contributed by atoms with van der Waals surface area (Å²) in [5.74, 6) is 0. The topological polar surface area (TPSA) is 24.9 Å². The summed E-state index contributed by atoms with van der Waals surface area (Å²) in [7, 11) is 1.96. The predicted octanol–water partition coefficient (Wildman–Crippen LogP) is 2.26. The molecule has 2 heterocycles. The zero-order valence-corrected chi connectivity index (χ0v) is 17.0. The molecule has 0 amide bonds. The minimum absolute atomic E-state index is 0.262. The molecule has 0 bridgehead atoms. The highest BCUT2D eigenvalue weighted by atomic mass is 16.7. The maximum absolute atomic E-state index is 6.19. The van der Waals surface area contributed by atoms with Crippen molar-refractivity contribution in [1.82, 2.24) is 9.80 Å². The van der Waals surface area contributed by atoms with Crippen molar-refractivity contribution in [3.63, 3.8) is 0 Å². The first-order valence-corrected chi connectivity index (χ1v) is 10.1. The van der Waals surface area contributed by atoms with Crippen LogP contribution in [0.15, 0.2) is 24.3 Å². The van der Waals surface area contributed by atoms with Crippen molar-refractivity contribution in [2.24, 2.45) is 0 Å². The van der Waals surface area contributed by atoms with Gasteiger partial charge >= 0.3 is 7.12 Å². The molecular formula is C21H33BN2O2. The highest BCUT2D eigenvalue weighted by molar-refractivity contribution is 6.62. The average Bonchev–Trinajstić information content (AvgIpc) is 3.32. The Bertz CT molecular complexity index is 630. The van der Waals surface area contributed by atoms with Crippen molar-refractivity contribution >= 4 is 12.6 Å². The van der Waals surface area contributed by atoms with Crippen LogP contribution in [-0.2, 0) is 14.7 Å². The summed E-state index contributed by atoms with van der Waals surface area (Å²) >= 11 is 0. The van der Waals surface area contributed by atoms with Gasteiger partial charge in [0.25, 0.3) is 0 Å². The van der Waals surface area contributed by atoms with E-state index in [2.05, 4.69) is 68.8 Å². The minimum atomic E-state index is -0.282. The minimum Gasteiger partial charge on any atom is -0.399 e. The van der Waals surface area contributed by atoms with Crippen LogP contribution in [-0.4, -0.2) is 67.9 Å². The van der Waals surface area contributed by atoms with Crippen LogP contribution in [0.25, 0.3) is 0 Å². The lowest BCUT2D eigenvalue weighted by Crippen LogP contribution is -2.47. The molecule has 1 aromatic rings. The van der Waals surface area contributed by atoms with E-state index in [1.54, 1.807) is 0 Å². The quantitative estimate of drug-likeness (QED) is 0.773. The molecule has 0 aromatic heterocycles. The standard InChI is InChI=1S/C21H33BN2O2/c1-19(2)20(3,4)26-22(25-19)18-8-6-17(7-9-18)21(10-11-21)16-24-14-12-23(5)13-15-24/h6-9H,10-16H2,1-5H3. The second-order valence-corrected chi connectivity index (χ2v) is 9.57. The first-order chi connectivity index (χ1) is 12.2. The van der Waals surface area contributed by atoms with E-state index in [4.69, 9.17) is 9.31 Å². The maximum Gasteiger partial charge on any atom is 0.494 e. The number of piperazine rings is 1. The maximum atomic E-state index is 6.19. The van der Waals surface area contributed by atoms with Gasteiger partial charge in [-0.2, -0.15) is 0 Å². The number of likely N-dealkylation sites (N-methyl/N-ethyl adjacent to an activating group) is 1. The zero-order chi connectivity index (χ0) is 18.6. The van der Waals surface area contributed by atoms with Crippen LogP contribution in [0.4, 0.5) is 0 Å². The monoisotopic (exact) mass is 356 g/mol. The van der Waals surface area contributed by atoms with E-state index in [1.807, 2.05) is 0 Å². The van der Waals surface area contributed by atoms with Gasteiger partial charge in [-0.25, -0.2) is 0 Å². The van der Waals surface area contributed by atoms with Gasteiger partial charge in [-0.05, 0) is 58.6 Å². The fourth-order valence-corrected chi connectivity index (χ4v) is 4.10. The number of nitrogens with zero attached hydrogens (tertiary/aromatic N) is 2. The molecular weight excluding hydrogens is 323 g/mol. The Morgan fingerprint density at radius 3 is 1.92 bits per heavy atom. The molecule has 2 saturated heterocycles. The first-order valence-electron chi connectivity index (χ1n) is 10.1. The smallest absolute Gasteiger partial charge is 0.399 e. The van der Waals surface area contributed by atoms with Gasteiger partial charge in [-0.1, -0.05) is 24.3 Å². The van der Waals surface area contributed by atoms with Crippen molar-refractivity contribution in [2.45, 2.75) is 57.2 Å². The summed E-state index contributed by atoms with van der Waals surface area (Å²) in [6.07, 6.45) is 2.63. The van der Waals surface area contributed by atoms with E-state index in [9.17, 15) is 0 Å². The van der Waals surface area contributed by atoms with E-state index < -0.39 is 0 Å². The van der Waals surface area contributed by atoms with Crippen molar-refractivity contribution in [1.29, 1.82) is 0 Å². The number of hydrogen-bond acceptors (Lipinski definition) is 4. The highest BCUT2D eigenvalue weighted by Crippen LogP contribution is 2.48. The molecule has 1 saturated carbocycles. The van der Waals surface area contributed by atoms with Crippen LogP contribution < -0.4 is 5.46 Å². The molecule has 142 valence electrons. The molecule has 0 radical (unpaired) electrons. The molecule has 5 heteroatoms. The van der Waals surface area contributed by atoms with Crippen LogP contribution in [0.2, 0.25) is 0 Å². The first kappa shape index (κ1) is 18.5. The SMILES string of the molecule is CN1CCN(CC2(c3ccc(B4OC(C)(C)C(C)(C)O4)cc3)CC2)CC1. The molecule has 1 aromatic carbocycles. The van der Waals surface area contributed by atoms with Crippen LogP contribution in [0.5, 0.6) is 0 Å². The lowest BCUT2D eigenvalue weighted by atomic mass is 9.78. The van der Waals surface area contributed by atoms with E-state index >= 15 is 0 Å². The summed E-state index contributed by atoms with van der Waals surface area (Å²) < 4.78 is 12.4. The molecule has 0 atom stereocenters. The molecule has 26 heavy (non-hydrogen) atoms. The Balaban J connectivity index is 1.43. The van der Waals surface area contributed by atoms with Gasteiger partial charge in [-0.15, -0.1) is 0 Å². The molecule has 0 spiro atoms. The summed E-state index contributed by atoms with van der Waals surface area (Å²) in [6, 6.07) is 9.04. The van der Waals surface area contributed by atoms with Gasteiger partial charge in [0.05, 0.1) is 11.2 Å². The van der Waals surface area contributed by atoms with E-state index in [0.29, 0.717) is 5.41 Å². The van der Waals surface area contributed by atoms with Crippen molar-refractivity contribution in [3.8, 4) is 0 Å². The molecule has 4 nitrogen and oxygen atoms in total. The van der Waals surface area contributed by atoms with Crippen LogP contribution in [0.3, 0.4) is 0 Å². The average molecular weight is 356 g/mol. The second-order valence-electron chi connectivity index (χ2n) is 9.57. The number of benzene rings is 1. The fourth-order valence-electron chi connectivity index (χ4n) is 4.10. The largest absolute Gasteiger partial charge is 0.494 e. The predicted molar refractivity (Wildman–Crippen MR) is 107 cm³/mol. The van der Waals surface area contributed by atoms with Gasteiger partial charge in [0, 0.05) is 38.1 Å². The lowest BCUT2D eigenvalue weighted by Gasteiger charge is -2.35. The summed E-state index contributed by atoms with van der Waals surface area (Å²) in [5.41, 5.74) is 2.43. The Morgan fingerprint density at radius 1 is 0.885 bits per heavy atom. The number of hydrogen-bond donors (Lipinski definition) is 0. The molecule has 3 aliphatic rings. The summed E-state index contributed by atoms with van der Waals surface area (Å²) in [6.45, 7) is 14.4. The third-order valence-electron chi connectivity index (χ3n) is 7.02.